The lowest BCUT2D eigenvalue weighted by Gasteiger charge is -1.96. The topological polar surface area (TPSA) is 52.3 Å². The third kappa shape index (κ3) is 11.5. The molecule has 0 bridgehead atoms. The van der Waals surface area contributed by atoms with E-state index in [2.05, 4.69) is 20.8 Å². The van der Waals surface area contributed by atoms with E-state index in [9.17, 15) is 4.79 Å². The standard InChI is InChI=1S/C6H14.C5H9NO2.C2H6.H2/c1-4-5-6(2)3;6-5(7)4-1-2-8-3-4;1-2;/h6H,4-5H2,1-3H3;4H,1-3H2,(H2,6,7);1-2H3;1H. The number of hydrogen-bond donors (Lipinski definition) is 1. The van der Waals surface area contributed by atoms with Crippen LogP contribution in [0.4, 0.5) is 0 Å². The molecular formula is C13H31NO2. The van der Waals surface area contributed by atoms with Crippen LogP contribution in [-0.2, 0) is 9.53 Å². The maximum Gasteiger partial charge on any atom is 0.222 e. The SMILES string of the molecule is CC.CCCC(C)C.NC(=O)C1CCOC1.[HH]. The molecule has 1 atom stereocenters. The molecule has 0 radical (unpaired) electrons. The summed E-state index contributed by atoms with van der Waals surface area (Å²) >= 11 is 0. The van der Waals surface area contributed by atoms with E-state index in [1.54, 1.807) is 0 Å². The molecule has 0 aromatic heterocycles. The zero-order chi connectivity index (χ0) is 13.0. The molecule has 16 heavy (non-hydrogen) atoms. The van der Waals surface area contributed by atoms with Gasteiger partial charge in [0, 0.05) is 8.03 Å². The van der Waals surface area contributed by atoms with E-state index in [0.717, 1.165) is 12.3 Å². The Hall–Kier alpha value is -0.570. The van der Waals surface area contributed by atoms with Gasteiger partial charge in [0.2, 0.25) is 5.91 Å². The van der Waals surface area contributed by atoms with E-state index in [1.807, 2.05) is 13.8 Å². The van der Waals surface area contributed by atoms with Gasteiger partial charge in [0.1, 0.15) is 0 Å². The minimum atomic E-state index is -0.234. The lowest BCUT2D eigenvalue weighted by molar-refractivity contribution is -0.121. The van der Waals surface area contributed by atoms with Gasteiger partial charge >= 0.3 is 0 Å². The fraction of sp³-hybridized carbons (Fsp3) is 0.923. The molecule has 1 aliphatic rings. The Balaban J connectivity index is -0.000000197. The Morgan fingerprint density at radius 2 is 2.06 bits per heavy atom. The average molecular weight is 233 g/mol. The molecule has 0 spiro atoms. The fourth-order valence-electron chi connectivity index (χ4n) is 1.34. The number of carbonyl (C=O) groups is 1. The van der Waals surface area contributed by atoms with Crippen LogP contribution in [0.25, 0.3) is 0 Å². The van der Waals surface area contributed by atoms with Crippen LogP contribution in [0.3, 0.4) is 0 Å². The summed E-state index contributed by atoms with van der Waals surface area (Å²) in [7, 11) is 0. The number of nitrogens with two attached hydrogens (primary N) is 1. The lowest BCUT2D eigenvalue weighted by atomic mass is 10.1. The monoisotopic (exact) mass is 233 g/mol. The highest BCUT2D eigenvalue weighted by Crippen LogP contribution is 2.10. The van der Waals surface area contributed by atoms with E-state index in [-0.39, 0.29) is 13.3 Å². The number of carbonyl (C=O) groups excluding carboxylic acids is 1. The fourth-order valence-corrected chi connectivity index (χ4v) is 1.34. The molecule has 1 saturated heterocycles. The Bertz CT molecular complexity index is 157. The quantitative estimate of drug-likeness (QED) is 0.813. The molecule has 100 valence electrons. The van der Waals surface area contributed by atoms with Gasteiger partial charge in [0.25, 0.3) is 0 Å². The summed E-state index contributed by atoms with van der Waals surface area (Å²) < 4.78 is 4.92. The number of ether oxygens (including phenoxy) is 1. The summed E-state index contributed by atoms with van der Waals surface area (Å²) in [6.07, 6.45) is 3.51. The highest BCUT2D eigenvalue weighted by molar-refractivity contribution is 5.76. The molecule has 0 saturated carbocycles. The number of rotatable bonds is 3. The molecule has 1 fully saturated rings. The van der Waals surface area contributed by atoms with Crippen molar-refractivity contribution in [2.75, 3.05) is 13.2 Å². The largest absolute Gasteiger partial charge is 0.381 e. The van der Waals surface area contributed by atoms with Crippen molar-refractivity contribution in [1.82, 2.24) is 0 Å². The zero-order valence-corrected chi connectivity index (χ0v) is 11.6. The molecule has 3 heteroatoms. The highest BCUT2D eigenvalue weighted by Gasteiger charge is 2.20. The molecule has 0 aromatic carbocycles. The van der Waals surface area contributed by atoms with Crippen LogP contribution in [0.1, 0.15) is 55.3 Å². The summed E-state index contributed by atoms with van der Waals surface area (Å²) in [5.41, 5.74) is 4.98. The van der Waals surface area contributed by atoms with E-state index in [0.29, 0.717) is 13.2 Å². The average Bonchev–Trinajstić information content (AvgIpc) is 2.74. The summed E-state index contributed by atoms with van der Waals surface area (Å²) in [6.45, 7) is 11.9. The molecular weight excluding hydrogens is 202 g/mol. The van der Waals surface area contributed by atoms with Gasteiger partial charge in [0.15, 0.2) is 0 Å². The third-order valence-electron chi connectivity index (χ3n) is 2.20. The predicted octanol–water partition coefficient (Wildman–Crippen LogP) is 3.22. The summed E-state index contributed by atoms with van der Waals surface area (Å²) in [5.74, 6) is 0.646. The first kappa shape index (κ1) is 17.8. The molecule has 1 amide bonds. The summed E-state index contributed by atoms with van der Waals surface area (Å²) in [5, 5.41) is 0. The van der Waals surface area contributed by atoms with E-state index >= 15 is 0 Å². The van der Waals surface area contributed by atoms with Crippen molar-refractivity contribution in [3.8, 4) is 0 Å². The maximum atomic E-state index is 10.3. The van der Waals surface area contributed by atoms with Crippen molar-refractivity contribution in [1.29, 1.82) is 0 Å². The highest BCUT2D eigenvalue weighted by atomic mass is 16.5. The third-order valence-corrected chi connectivity index (χ3v) is 2.20. The number of hydrogen-bond acceptors (Lipinski definition) is 2. The van der Waals surface area contributed by atoms with Gasteiger partial charge in [-0.2, -0.15) is 0 Å². The minimum Gasteiger partial charge on any atom is -0.381 e. The van der Waals surface area contributed by atoms with Gasteiger partial charge in [-0.1, -0.05) is 47.5 Å². The van der Waals surface area contributed by atoms with E-state index in [4.69, 9.17) is 10.5 Å². The Morgan fingerprint density at radius 3 is 2.19 bits per heavy atom. The van der Waals surface area contributed by atoms with Crippen molar-refractivity contribution in [2.24, 2.45) is 17.6 Å². The first-order valence-corrected chi connectivity index (χ1v) is 6.45. The van der Waals surface area contributed by atoms with Crippen molar-refractivity contribution < 1.29 is 11.0 Å². The Kier molecular flexibility index (Phi) is 13.9. The molecule has 1 aliphatic heterocycles. The first-order valence-electron chi connectivity index (χ1n) is 6.45. The van der Waals surface area contributed by atoms with Crippen LogP contribution in [0, 0.1) is 11.8 Å². The molecule has 0 aromatic rings. The zero-order valence-electron chi connectivity index (χ0n) is 11.6. The second-order valence-electron chi connectivity index (χ2n) is 4.15. The smallest absolute Gasteiger partial charge is 0.222 e. The maximum absolute atomic E-state index is 10.3. The van der Waals surface area contributed by atoms with Gasteiger partial charge < -0.3 is 10.5 Å². The minimum absolute atomic E-state index is 0. The van der Waals surface area contributed by atoms with Crippen LogP contribution in [0.15, 0.2) is 0 Å². The van der Waals surface area contributed by atoms with Gasteiger partial charge in [0.05, 0.1) is 12.5 Å². The van der Waals surface area contributed by atoms with Gasteiger partial charge in [-0.15, -0.1) is 0 Å². The molecule has 0 aliphatic carbocycles. The van der Waals surface area contributed by atoms with Crippen molar-refractivity contribution in [3.05, 3.63) is 0 Å². The van der Waals surface area contributed by atoms with E-state index in [1.165, 1.54) is 12.8 Å². The van der Waals surface area contributed by atoms with Crippen LogP contribution in [0.2, 0.25) is 0 Å². The molecule has 1 rings (SSSR count). The molecule has 1 heterocycles. The lowest BCUT2D eigenvalue weighted by Crippen LogP contribution is -2.22. The predicted molar refractivity (Wildman–Crippen MR) is 71.3 cm³/mol. The molecule has 3 nitrogen and oxygen atoms in total. The first-order chi connectivity index (χ1) is 7.57. The molecule has 2 N–H and O–H groups in total. The second-order valence-corrected chi connectivity index (χ2v) is 4.15. The van der Waals surface area contributed by atoms with Crippen molar-refractivity contribution >= 4 is 5.91 Å². The summed E-state index contributed by atoms with van der Waals surface area (Å²) in [4.78, 5) is 10.3. The normalized spacial score (nSPS) is 18.2. The van der Waals surface area contributed by atoms with Gasteiger partial charge in [-0.05, 0) is 12.3 Å². The van der Waals surface area contributed by atoms with Crippen LogP contribution in [-0.4, -0.2) is 19.1 Å². The number of primary amides is 1. The van der Waals surface area contributed by atoms with E-state index < -0.39 is 0 Å². The Morgan fingerprint density at radius 1 is 1.50 bits per heavy atom. The van der Waals surface area contributed by atoms with Gasteiger partial charge in [-0.25, -0.2) is 0 Å². The van der Waals surface area contributed by atoms with Crippen LogP contribution < -0.4 is 5.73 Å². The van der Waals surface area contributed by atoms with Gasteiger partial charge in [-0.3, -0.25) is 4.79 Å². The van der Waals surface area contributed by atoms with Crippen LogP contribution >= 0.6 is 0 Å². The van der Waals surface area contributed by atoms with Crippen LogP contribution in [0.5, 0.6) is 0 Å². The molecule has 1 unspecified atom stereocenters. The van der Waals surface area contributed by atoms with Crippen molar-refractivity contribution in [2.45, 2.75) is 53.9 Å². The van der Waals surface area contributed by atoms with Crippen molar-refractivity contribution in [3.63, 3.8) is 0 Å². The number of amides is 1. The second kappa shape index (κ2) is 12.5. The summed E-state index contributed by atoms with van der Waals surface area (Å²) in [6, 6.07) is 0. The Labute approximate surface area is 102 Å².